The van der Waals surface area contributed by atoms with Gasteiger partial charge in [-0.3, -0.25) is 24.0 Å². The molecule has 0 atom stereocenters. The van der Waals surface area contributed by atoms with Gasteiger partial charge in [0.15, 0.2) is 0 Å². The third-order valence-corrected chi connectivity index (χ3v) is 11.7. The summed E-state index contributed by atoms with van der Waals surface area (Å²) in [4.78, 5) is 67.7. The van der Waals surface area contributed by atoms with Gasteiger partial charge in [-0.25, -0.2) is 9.97 Å². The molecule has 1 fully saturated rings. The molecule has 1 aromatic heterocycles. The number of hydrogen-bond donors (Lipinski definition) is 0. The second-order valence-corrected chi connectivity index (χ2v) is 31.8. The number of piperidine rings is 1. The Morgan fingerprint density at radius 3 is 1.04 bits per heavy atom. The van der Waals surface area contributed by atoms with E-state index in [9.17, 15) is 24.0 Å². The van der Waals surface area contributed by atoms with Gasteiger partial charge in [0.1, 0.15) is 0 Å². The molecule has 13 nitrogen and oxygen atoms in total. The highest BCUT2D eigenvalue weighted by atomic mass is 16.5. The SMILES string of the molecule is CC.CC(C)(C)CCCOC(=O)C(C)(C)C.CC(C)(C)c1ccnc(N2CCC(C(C)(C)C)CC2)n1.CC(C)CCOC(=O)C(C)(C)C.CC(C)CCOC(=O)C(C)(C)C.CC(C)COC(=O)C(C)(C)C.CC(C)COC(=O)C(C)(C)C. The molecule has 0 unspecified atom stereocenters. The zero-order valence-electron chi connectivity index (χ0n) is 60.2. The van der Waals surface area contributed by atoms with Crippen LogP contribution in [0.5, 0.6) is 0 Å². The van der Waals surface area contributed by atoms with Gasteiger partial charge in [-0.1, -0.05) is 132 Å². The first-order chi connectivity index (χ1) is 36.7. The molecule has 0 amide bonds. The maximum Gasteiger partial charge on any atom is 0.311 e. The molecule has 0 aromatic carbocycles. The molecule has 486 valence electrons. The summed E-state index contributed by atoms with van der Waals surface area (Å²) in [6, 6.07) is 2.03. The number of anilines is 1. The van der Waals surface area contributed by atoms with Crippen LogP contribution >= 0.6 is 0 Å². The predicted molar refractivity (Wildman–Crippen MR) is 346 cm³/mol. The number of rotatable bonds is 14. The number of carbonyl (C=O) groups is 5. The first-order valence-electron chi connectivity index (χ1n) is 31.1. The van der Waals surface area contributed by atoms with Gasteiger partial charge in [-0.2, -0.15) is 0 Å². The lowest BCUT2D eigenvalue weighted by molar-refractivity contribution is -0.154. The fraction of sp³-hybridized carbons (Fsp3) is 0.870. The normalized spacial score (nSPS) is 13.4. The monoisotopic (exact) mass is 1170 g/mol. The van der Waals surface area contributed by atoms with Crippen molar-refractivity contribution < 1.29 is 47.7 Å². The van der Waals surface area contributed by atoms with Crippen LogP contribution in [-0.4, -0.2) is 85.9 Å². The average Bonchev–Trinajstić information content (AvgIpc) is 3.30. The van der Waals surface area contributed by atoms with Crippen LogP contribution in [0.3, 0.4) is 0 Å². The number of nitrogens with zero attached hydrogens (tertiary/aromatic N) is 3. The van der Waals surface area contributed by atoms with Crippen LogP contribution in [0.4, 0.5) is 5.95 Å². The maximum absolute atomic E-state index is 11.4. The molecule has 0 aliphatic carbocycles. The van der Waals surface area contributed by atoms with Crippen LogP contribution in [0.2, 0.25) is 0 Å². The second kappa shape index (κ2) is 40.5. The summed E-state index contributed by atoms with van der Waals surface area (Å²) >= 11 is 0. The van der Waals surface area contributed by atoms with Gasteiger partial charge in [-0.05, 0) is 189 Å². The second-order valence-electron chi connectivity index (χ2n) is 31.8. The number of carbonyl (C=O) groups excluding carboxylic acids is 5. The van der Waals surface area contributed by atoms with Gasteiger partial charge in [0.2, 0.25) is 5.95 Å². The van der Waals surface area contributed by atoms with Crippen molar-refractivity contribution in [2.24, 2.45) is 67.5 Å². The highest BCUT2D eigenvalue weighted by molar-refractivity contribution is 5.77. The van der Waals surface area contributed by atoms with Gasteiger partial charge in [0, 0.05) is 24.7 Å². The predicted octanol–water partition coefficient (Wildman–Crippen LogP) is 18.2. The molecule has 0 spiro atoms. The van der Waals surface area contributed by atoms with Crippen molar-refractivity contribution in [1.82, 2.24) is 9.97 Å². The smallest absolute Gasteiger partial charge is 0.311 e. The van der Waals surface area contributed by atoms with Crippen molar-refractivity contribution in [3.05, 3.63) is 18.0 Å². The molecule has 2 rings (SSSR count). The Labute approximate surface area is 507 Å². The Kier molecular flexibility index (Phi) is 43.0. The highest BCUT2D eigenvalue weighted by Crippen LogP contribution is 2.35. The summed E-state index contributed by atoms with van der Waals surface area (Å²) in [5.41, 5.74) is 0.121. The molecule has 0 radical (unpaired) electrons. The van der Waals surface area contributed by atoms with Crippen LogP contribution in [0, 0.1) is 67.5 Å². The van der Waals surface area contributed by atoms with E-state index in [-0.39, 0.29) is 62.3 Å². The minimum absolute atomic E-state index is 0.0847. The van der Waals surface area contributed by atoms with Gasteiger partial charge in [0.05, 0.1) is 65.8 Å². The quantitative estimate of drug-likeness (QED) is 0.0984. The van der Waals surface area contributed by atoms with Crippen molar-refractivity contribution in [3.63, 3.8) is 0 Å². The number of aromatic nitrogens is 2. The van der Waals surface area contributed by atoms with Crippen LogP contribution in [0.1, 0.15) is 280 Å². The van der Waals surface area contributed by atoms with E-state index < -0.39 is 0 Å². The molecule has 1 saturated heterocycles. The minimum Gasteiger partial charge on any atom is -0.465 e. The summed E-state index contributed by atoms with van der Waals surface area (Å²) < 4.78 is 25.4. The summed E-state index contributed by atoms with van der Waals surface area (Å²) in [5.74, 6) is 3.18. The van der Waals surface area contributed by atoms with E-state index in [1.807, 2.05) is 158 Å². The molecule has 82 heavy (non-hydrogen) atoms. The molecule has 1 aliphatic heterocycles. The molecule has 2 heterocycles. The van der Waals surface area contributed by atoms with Gasteiger partial charge in [0.25, 0.3) is 0 Å². The van der Waals surface area contributed by atoms with Crippen LogP contribution in [0.25, 0.3) is 0 Å². The van der Waals surface area contributed by atoms with Crippen LogP contribution in [0.15, 0.2) is 12.3 Å². The first-order valence-corrected chi connectivity index (χ1v) is 31.1. The molecule has 0 N–H and O–H groups in total. The molecular formula is C69H135N3O10. The third-order valence-electron chi connectivity index (χ3n) is 11.7. The minimum atomic E-state index is -0.373. The van der Waals surface area contributed by atoms with Crippen LogP contribution < -0.4 is 4.90 Å². The van der Waals surface area contributed by atoms with Crippen molar-refractivity contribution in [2.75, 3.05) is 51.0 Å². The van der Waals surface area contributed by atoms with E-state index in [1.165, 1.54) is 12.8 Å². The Morgan fingerprint density at radius 1 is 0.476 bits per heavy atom. The Hall–Kier alpha value is -3.77. The molecule has 13 heteroatoms. The zero-order chi connectivity index (χ0) is 66.1. The van der Waals surface area contributed by atoms with Crippen molar-refractivity contribution >= 4 is 35.8 Å². The number of hydrogen-bond acceptors (Lipinski definition) is 13. The molecule has 1 aromatic rings. The summed E-state index contributed by atoms with van der Waals surface area (Å²) in [7, 11) is 0. The lowest BCUT2D eigenvalue weighted by atomic mass is 9.75. The van der Waals surface area contributed by atoms with E-state index in [4.69, 9.17) is 28.7 Å². The van der Waals surface area contributed by atoms with Gasteiger partial charge in [-0.15, -0.1) is 0 Å². The molecule has 0 bridgehead atoms. The average molecular weight is 1170 g/mol. The lowest BCUT2D eigenvalue weighted by Crippen LogP contribution is -2.39. The topological polar surface area (TPSA) is 161 Å². The summed E-state index contributed by atoms with van der Waals surface area (Å²) in [5, 5.41) is 0. The van der Waals surface area contributed by atoms with E-state index in [0.717, 1.165) is 56.3 Å². The number of esters is 5. The van der Waals surface area contributed by atoms with Gasteiger partial charge >= 0.3 is 29.8 Å². The van der Waals surface area contributed by atoms with E-state index in [2.05, 4.69) is 99.9 Å². The zero-order valence-corrected chi connectivity index (χ0v) is 60.2. The molecule has 1 aliphatic rings. The standard InChI is InChI=1S/C17H29N3.C12H24O2.2C10H20O2.2C9H18O2.C2H6/c1-16(2,3)13-8-11-20(12-9-13)15-18-10-7-14(19-15)17(4,5)6;1-11(2,3)8-7-9-14-10(13)12(4,5)6;2*1-8(2)6-7-12-9(11)10(3,4)5;2*1-7(2)6-11-8(10)9(3,4)5;1-2/h7,10,13H,8-9,11-12H2,1-6H3;7-9H2,1-6H3;2*8H,6-7H2,1-5H3;2*7H,6H2,1-5H3;1-2H3. The highest BCUT2D eigenvalue weighted by Gasteiger charge is 2.31. The Balaban J connectivity index is -0.000000292. The molecule has 0 saturated carbocycles. The van der Waals surface area contributed by atoms with E-state index in [0.29, 0.717) is 67.5 Å². The van der Waals surface area contributed by atoms with Crippen molar-refractivity contribution in [2.45, 2.75) is 279 Å². The third kappa shape index (κ3) is 50.7. The molecular weight excluding hydrogens is 1030 g/mol. The number of ether oxygens (including phenoxy) is 5. The van der Waals surface area contributed by atoms with Crippen LogP contribution in [-0.2, 0) is 53.1 Å². The lowest BCUT2D eigenvalue weighted by Gasteiger charge is -2.39. The van der Waals surface area contributed by atoms with E-state index >= 15 is 0 Å². The largest absolute Gasteiger partial charge is 0.465 e. The van der Waals surface area contributed by atoms with Gasteiger partial charge < -0.3 is 28.6 Å². The summed E-state index contributed by atoms with van der Waals surface area (Å²) in [6.45, 7) is 73.6. The van der Waals surface area contributed by atoms with Crippen molar-refractivity contribution in [3.8, 4) is 0 Å². The maximum atomic E-state index is 11.4. The Morgan fingerprint density at radius 2 is 0.780 bits per heavy atom. The first kappa shape index (κ1) is 87.0. The van der Waals surface area contributed by atoms with E-state index in [1.54, 1.807) is 0 Å². The Bertz CT molecular complexity index is 1790. The fourth-order valence-corrected chi connectivity index (χ4v) is 5.97. The summed E-state index contributed by atoms with van der Waals surface area (Å²) in [6.07, 6.45) is 8.32. The van der Waals surface area contributed by atoms with Crippen molar-refractivity contribution in [1.29, 1.82) is 0 Å². The fourth-order valence-electron chi connectivity index (χ4n) is 5.97.